The summed E-state index contributed by atoms with van der Waals surface area (Å²) >= 11 is 0. The molecule has 0 aliphatic carbocycles. The Morgan fingerprint density at radius 3 is 2.41 bits per heavy atom. The molecule has 0 bridgehead atoms. The highest BCUT2D eigenvalue weighted by Crippen LogP contribution is 2.32. The molecule has 0 radical (unpaired) electrons. The van der Waals surface area contributed by atoms with Gasteiger partial charge in [-0.15, -0.1) is 0 Å². The van der Waals surface area contributed by atoms with E-state index in [0.29, 0.717) is 41.2 Å². The molecule has 32 heavy (non-hydrogen) atoms. The van der Waals surface area contributed by atoms with E-state index in [1.54, 1.807) is 27.8 Å². The molecule has 1 amide bonds. The maximum Gasteiger partial charge on any atom is 0.272 e. The fraction of sp³-hybridized carbons (Fsp3) is 0.208. The Labute approximate surface area is 184 Å². The van der Waals surface area contributed by atoms with Gasteiger partial charge in [-0.25, -0.2) is 0 Å². The molecular weight excluding hydrogens is 404 g/mol. The van der Waals surface area contributed by atoms with Gasteiger partial charge in [-0.3, -0.25) is 9.48 Å². The predicted molar refractivity (Wildman–Crippen MR) is 114 cm³/mol. The summed E-state index contributed by atoms with van der Waals surface area (Å²) in [4.78, 5) is 14.9. The van der Waals surface area contributed by atoms with Crippen LogP contribution in [-0.4, -0.2) is 32.2 Å². The number of hydrogen-bond donors (Lipinski definition) is 1. The van der Waals surface area contributed by atoms with E-state index in [-0.39, 0.29) is 29.7 Å². The van der Waals surface area contributed by atoms with Gasteiger partial charge >= 0.3 is 0 Å². The number of fused-ring (bicyclic) bond motifs is 1. The summed E-state index contributed by atoms with van der Waals surface area (Å²) in [6, 6.07) is 17.7. The van der Waals surface area contributed by atoms with Crippen molar-refractivity contribution >= 4 is 5.91 Å². The Kier molecular flexibility index (Phi) is 5.43. The molecule has 156 valence electrons. The number of nitrogens with zero attached hydrogens (tertiary/aromatic N) is 6. The van der Waals surface area contributed by atoms with E-state index >= 15 is 0 Å². The molecule has 1 aliphatic heterocycles. The molecule has 0 saturated heterocycles. The molecule has 4 rings (SSSR count). The molecule has 2 aromatic carbocycles. The van der Waals surface area contributed by atoms with E-state index in [0.717, 1.165) is 5.56 Å². The van der Waals surface area contributed by atoms with Crippen LogP contribution in [-0.2, 0) is 13.2 Å². The van der Waals surface area contributed by atoms with Crippen LogP contribution in [0.2, 0.25) is 0 Å². The van der Waals surface area contributed by atoms with Crippen molar-refractivity contribution < 1.29 is 9.90 Å². The van der Waals surface area contributed by atoms with Crippen molar-refractivity contribution in [2.75, 3.05) is 6.54 Å². The zero-order valence-electron chi connectivity index (χ0n) is 17.3. The van der Waals surface area contributed by atoms with Crippen LogP contribution < -0.4 is 0 Å². The topological polar surface area (TPSA) is 130 Å². The second-order valence-corrected chi connectivity index (χ2v) is 7.64. The molecule has 1 atom stereocenters. The van der Waals surface area contributed by atoms with Crippen molar-refractivity contribution in [3.8, 4) is 29.5 Å². The largest absolute Gasteiger partial charge is 0.392 e. The fourth-order valence-corrected chi connectivity index (χ4v) is 3.98. The number of hydrogen-bond acceptors (Lipinski definition) is 6. The Hall–Kier alpha value is -4.45. The van der Waals surface area contributed by atoms with Crippen molar-refractivity contribution in [1.29, 1.82) is 15.8 Å². The van der Waals surface area contributed by atoms with Crippen molar-refractivity contribution in [2.45, 2.75) is 26.1 Å². The summed E-state index contributed by atoms with van der Waals surface area (Å²) in [6.45, 7) is 2.45. The van der Waals surface area contributed by atoms with Crippen LogP contribution in [0.4, 0.5) is 0 Å². The smallest absolute Gasteiger partial charge is 0.272 e. The van der Waals surface area contributed by atoms with Crippen LogP contribution in [0.25, 0.3) is 11.3 Å². The number of amides is 1. The van der Waals surface area contributed by atoms with E-state index in [4.69, 9.17) is 5.26 Å². The number of rotatable bonds is 4. The fourth-order valence-electron chi connectivity index (χ4n) is 3.98. The number of benzene rings is 2. The molecular formula is C24H18N6O2. The third-order valence-electron chi connectivity index (χ3n) is 5.50. The normalized spacial score (nSPS) is 14.9. The summed E-state index contributed by atoms with van der Waals surface area (Å²) in [5, 5.41) is 42.2. The first-order valence-electron chi connectivity index (χ1n) is 9.95. The highest BCUT2D eigenvalue weighted by molar-refractivity contribution is 5.95. The highest BCUT2D eigenvalue weighted by atomic mass is 16.3. The van der Waals surface area contributed by atoms with E-state index in [1.165, 1.54) is 12.1 Å². The van der Waals surface area contributed by atoms with Crippen LogP contribution in [0.1, 0.15) is 51.3 Å². The van der Waals surface area contributed by atoms with Gasteiger partial charge in [-0.05, 0) is 48.4 Å². The molecule has 1 N–H and O–H groups in total. The first-order valence-corrected chi connectivity index (χ1v) is 9.95. The van der Waals surface area contributed by atoms with Crippen molar-refractivity contribution in [3.63, 3.8) is 0 Å². The van der Waals surface area contributed by atoms with Crippen molar-refractivity contribution in [2.24, 2.45) is 0 Å². The lowest BCUT2D eigenvalue weighted by Gasteiger charge is -2.31. The maximum atomic E-state index is 13.2. The molecule has 8 heteroatoms. The van der Waals surface area contributed by atoms with Crippen LogP contribution in [0.15, 0.2) is 42.5 Å². The first kappa shape index (κ1) is 20.8. The van der Waals surface area contributed by atoms with Crippen LogP contribution in [0.3, 0.4) is 0 Å². The zero-order chi connectivity index (χ0) is 22.8. The summed E-state index contributed by atoms with van der Waals surface area (Å²) in [5.41, 5.74) is 3.61. The lowest BCUT2D eigenvalue weighted by molar-refractivity contribution is 0.0651. The van der Waals surface area contributed by atoms with Crippen molar-refractivity contribution in [1.82, 2.24) is 14.7 Å². The number of aromatic nitrogens is 2. The number of aliphatic hydroxyl groups is 1. The molecule has 0 unspecified atom stereocenters. The molecule has 3 aromatic rings. The van der Waals surface area contributed by atoms with Crippen molar-refractivity contribution in [3.05, 3.63) is 76.0 Å². The average Bonchev–Trinajstić information content (AvgIpc) is 3.27. The van der Waals surface area contributed by atoms with Gasteiger partial charge in [0.15, 0.2) is 0 Å². The minimum atomic E-state index is -0.365. The lowest BCUT2D eigenvalue weighted by Crippen LogP contribution is -2.41. The van der Waals surface area contributed by atoms with E-state index in [1.807, 2.05) is 25.1 Å². The van der Waals surface area contributed by atoms with Gasteiger partial charge in [0, 0.05) is 18.7 Å². The molecule has 1 aromatic heterocycles. The van der Waals surface area contributed by atoms with E-state index in [2.05, 4.69) is 17.2 Å². The van der Waals surface area contributed by atoms with E-state index < -0.39 is 0 Å². The lowest BCUT2D eigenvalue weighted by atomic mass is 9.96. The molecule has 2 heterocycles. The number of carbonyl (C=O) groups excluding carboxylic acids is 1. The third-order valence-corrected chi connectivity index (χ3v) is 5.50. The second kappa shape index (κ2) is 8.35. The van der Waals surface area contributed by atoms with Gasteiger partial charge in [-0.1, -0.05) is 12.1 Å². The minimum Gasteiger partial charge on any atom is -0.392 e. The molecule has 0 spiro atoms. The van der Waals surface area contributed by atoms with Crippen LogP contribution in [0, 0.1) is 34.0 Å². The molecule has 0 saturated carbocycles. The Morgan fingerprint density at radius 2 is 1.78 bits per heavy atom. The SMILES string of the molecule is C[C@H]1CN(Cc2ccc(C#N)cc2)C(=O)c2cc(-c3c(C#N)cc(C#N)cc3CO)nn21. The summed E-state index contributed by atoms with van der Waals surface area (Å²) in [6.07, 6.45) is 0. The first-order chi connectivity index (χ1) is 15.5. The average molecular weight is 422 g/mol. The maximum absolute atomic E-state index is 13.2. The summed E-state index contributed by atoms with van der Waals surface area (Å²) in [7, 11) is 0. The number of aliphatic hydroxyl groups excluding tert-OH is 1. The zero-order valence-corrected chi connectivity index (χ0v) is 17.3. The van der Waals surface area contributed by atoms with Crippen LogP contribution in [0.5, 0.6) is 0 Å². The van der Waals surface area contributed by atoms with Gasteiger partial charge in [-0.2, -0.15) is 20.9 Å². The van der Waals surface area contributed by atoms with Gasteiger partial charge in [0.2, 0.25) is 0 Å². The number of carbonyl (C=O) groups is 1. The van der Waals surface area contributed by atoms with E-state index in [9.17, 15) is 20.4 Å². The Bertz CT molecular complexity index is 1340. The van der Waals surface area contributed by atoms with Gasteiger partial charge in [0.25, 0.3) is 5.91 Å². The highest BCUT2D eigenvalue weighted by Gasteiger charge is 2.31. The molecule has 8 nitrogen and oxygen atoms in total. The minimum absolute atomic E-state index is 0.101. The Morgan fingerprint density at radius 1 is 1.06 bits per heavy atom. The third kappa shape index (κ3) is 3.58. The van der Waals surface area contributed by atoms with Gasteiger partial charge in [0.1, 0.15) is 5.69 Å². The van der Waals surface area contributed by atoms with Gasteiger partial charge in [0.05, 0.1) is 53.2 Å². The molecule has 0 fully saturated rings. The van der Waals surface area contributed by atoms with Gasteiger partial charge < -0.3 is 10.0 Å². The summed E-state index contributed by atoms with van der Waals surface area (Å²) in [5.74, 6) is -0.191. The van der Waals surface area contributed by atoms with Crippen LogP contribution >= 0.6 is 0 Å². The quantitative estimate of drug-likeness (QED) is 0.688. The second-order valence-electron chi connectivity index (χ2n) is 7.64. The summed E-state index contributed by atoms with van der Waals surface area (Å²) < 4.78 is 1.65. The number of nitriles is 3. The Balaban J connectivity index is 1.72. The standard InChI is InChI=1S/C24H18N6O2/c1-15-12-29(13-17-4-2-16(9-25)3-5-17)24(32)22-8-21(28-30(15)22)23-19(11-27)6-18(10-26)7-20(23)14-31/h2-8,15,31H,12-14H2,1H3/t15-/m0/s1. The molecule has 1 aliphatic rings. The predicted octanol–water partition coefficient (Wildman–Crippen LogP) is 2.87. The monoisotopic (exact) mass is 422 g/mol.